The summed E-state index contributed by atoms with van der Waals surface area (Å²) in [5.41, 5.74) is 1.53. The van der Waals surface area contributed by atoms with Gasteiger partial charge < -0.3 is 10.0 Å². The molecule has 0 atom stereocenters. The highest BCUT2D eigenvalue weighted by Gasteiger charge is 2.16. The van der Waals surface area contributed by atoms with Gasteiger partial charge in [-0.1, -0.05) is 12.1 Å². The smallest absolute Gasteiger partial charge is 0.305 e. The topological polar surface area (TPSA) is 57.6 Å². The molecule has 17 heavy (non-hydrogen) atoms. The molecule has 0 spiro atoms. The molecule has 92 valence electrons. The van der Waals surface area contributed by atoms with Gasteiger partial charge in [0.15, 0.2) is 0 Å². The van der Waals surface area contributed by atoms with Gasteiger partial charge in [-0.15, -0.1) is 0 Å². The van der Waals surface area contributed by atoms with E-state index in [2.05, 4.69) is 15.9 Å². The molecule has 0 fully saturated rings. The molecule has 0 bridgehead atoms. The minimum Gasteiger partial charge on any atom is -0.481 e. The summed E-state index contributed by atoms with van der Waals surface area (Å²) in [6, 6.07) is 5.42. The highest BCUT2D eigenvalue weighted by atomic mass is 79.9. The minimum atomic E-state index is -0.909. The zero-order valence-corrected chi connectivity index (χ0v) is 11.3. The quantitative estimate of drug-likeness (QED) is 0.928. The van der Waals surface area contributed by atoms with Gasteiger partial charge in [-0.05, 0) is 34.5 Å². The van der Waals surface area contributed by atoms with E-state index < -0.39 is 5.97 Å². The zero-order valence-electron chi connectivity index (χ0n) is 9.74. The third kappa shape index (κ3) is 3.56. The maximum absolute atomic E-state index is 12.0. The van der Waals surface area contributed by atoms with E-state index in [4.69, 9.17) is 5.11 Å². The van der Waals surface area contributed by atoms with Crippen molar-refractivity contribution in [2.24, 2.45) is 0 Å². The number of hydrogen-bond acceptors (Lipinski definition) is 2. The number of amides is 1. The van der Waals surface area contributed by atoms with Crippen molar-refractivity contribution < 1.29 is 14.7 Å². The van der Waals surface area contributed by atoms with Gasteiger partial charge in [0.25, 0.3) is 5.91 Å². The summed E-state index contributed by atoms with van der Waals surface area (Å²) in [7, 11) is 1.60. The molecule has 1 N–H and O–H groups in total. The van der Waals surface area contributed by atoms with E-state index in [-0.39, 0.29) is 18.9 Å². The Morgan fingerprint density at radius 1 is 1.41 bits per heavy atom. The molecule has 5 heteroatoms. The fraction of sp³-hybridized carbons (Fsp3) is 0.333. The van der Waals surface area contributed by atoms with E-state index in [1.165, 1.54) is 4.90 Å². The van der Waals surface area contributed by atoms with E-state index in [0.717, 1.165) is 10.0 Å². The largest absolute Gasteiger partial charge is 0.481 e. The Labute approximate surface area is 108 Å². The molecule has 0 saturated heterocycles. The lowest BCUT2D eigenvalue weighted by Crippen LogP contribution is -2.29. The van der Waals surface area contributed by atoms with E-state index in [1.807, 2.05) is 13.0 Å². The second-order valence-corrected chi connectivity index (χ2v) is 4.60. The van der Waals surface area contributed by atoms with E-state index >= 15 is 0 Å². The summed E-state index contributed by atoms with van der Waals surface area (Å²) in [6.45, 7) is 2.10. The highest BCUT2D eigenvalue weighted by Crippen LogP contribution is 2.22. The molecule has 1 rings (SSSR count). The number of halogens is 1. The van der Waals surface area contributed by atoms with Gasteiger partial charge in [0, 0.05) is 18.1 Å². The fourth-order valence-electron chi connectivity index (χ4n) is 1.38. The Hall–Kier alpha value is -1.36. The first kappa shape index (κ1) is 13.7. The highest BCUT2D eigenvalue weighted by molar-refractivity contribution is 9.10. The first-order valence-corrected chi connectivity index (χ1v) is 5.95. The molecule has 0 aromatic heterocycles. The summed E-state index contributed by atoms with van der Waals surface area (Å²) < 4.78 is 0.757. The molecule has 0 saturated carbocycles. The maximum atomic E-state index is 12.0. The lowest BCUT2D eigenvalue weighted by Gasteiger charge is -2.17. The second kappa shape index (κ2) is 5.82. The van der Waals surface area contributed by atoms with Crippen LogP contribution in [0.1, 0.15) is 22.3 Å². The van der Waals surface area contributed by atoms with Crippen LogP contribution in [0.5, 0.6) is 0 Å². The van der Waals surface area contributed by atoms with Crippen molar-refractivity contribution in [2.75, 3.05) is 13.6 Å². The van der Waals surface area contributed by atoms with Crippen LogP contribution < -0.4 is 0 Å². The van der Waals surface area contributed by atoms with E-state index in [0.29, 0.717) is 5.56 Å². The van der Waals surface area contributed by atoms with Gasteiger partial charge in [0.2, 0.25) is 0 Å². The predicted octanol–water partition coefficient (Wildman–Crippen LogP) is 2.30. The van der Waals surface area contributed by atoms with Crippen LogP contribution in [0.4, 0.5) is 0 Å². The van der Waals surface area contributed by atoms with Crippen molar-refractivity contribution in [2.45, 2.75) is 13.3 Å². The van der Waals surface area contributed by atoms with E-state index in [1.54, 1.807) is 19.2 Å². The Morgan fingerprint density at radius 3 is 2.65 bits per heavy atom. The van der Waals surface area contributed by atoms with Crippen LogP contribution in [0, 0.1) is 6.92 Å². The van der Waals surface area contributed by atoms with Crippen LogP contribution in [0.15, 0.2) is 22.7 Å². The minimum absolute atomic E-state index is 0.0499. The van der Waals surface area contributed by atoms with Crippen molar-refractivity contribution in [1.29, 1.82) is 0 Å². The Balaban J connectivity index is 2.82. The first-order chi connectivity index (χ1) is 7.93. The van der Waals surface area contributed by atoms with Crippen LogP contribution >= 0.6 is 15.9 Å². The standard InChI is InChI=1S/C12H14BrNO3/c1-8-4-3-5-9(11(8)13)12(17)14(2)7-6-10(15)16/h3-5H,6-7H2,1-2H3,(H,15,16). The van der Waals surface area contributed by atoms with Crippen LogP contribution in [-0.4, -0.2) is 35.5 Å². The fourth-order valence-corrected chi connectivity index (χ4v) is 1.82. The second-order valence-electron chi connectivity index (χ2n) is 3.81. The Morgan fingerprint density at radius 2 is 2.06 bits per heavy atom. The average Bonchev–Trinajstić information content (AvgIpc) is 2.28. The third-order valence-corrected chi connectivity index (χ3v) is 3.48. The number of carboxylic acid groups (broad SMARTS) is 1. The normalized spacial score (nSPS) is 10.1. The zero-order chi connectivity index (χ0) is 13.0. The van der Waals surface area contributed by atoms with Gasteiger partial charge in [0.05, 0.1) is 12.0 Å². The van der Waals surface area contributed by atoms with Crippen LogP contribution in [-0.2, 0) is 4.79 Å². The molecule has 0 aliphatic carbocycles. The third-order valence-electron chi connectivity index (χ3n) is 2.43. The molecule has 0 radical (unpaired) electrons. The van der Waals surface area contributed by atoms with Gasteiger partial charge in [-0.3, -0.25) is 9.59 Å². The summed E-state index contributed by atoms with van der Waals surface area (Å²) in [4.78, 5) is 23.9. The van der Waals surface area contributed by atoms with Gasteiger partial charge >= 0.3 is 5.97 Å². The molecule has 0 heterocycles. The van der Waals surface area contributed by atoms with Crippen LogP contribution in [0.3, 0.4) is 0 Å². The predicted molar refractivity (Wildman–Crippen MR) is 68.1 cm³/mol. The SMILES string of the molecule is Cc1cccc(C(=O)N(C)CCC(=O)O)c1Br. The monoisotopic (exact) mass is 299 g/mol. The van der Waals surface area contributed by atoms with Crippen LogP contribution in [0.25, 0.3) is 0 Å². The van der Waals surface area contributed by atoms with Crippen molar-refractivity contribution in [1.82, 2.24) is 4.90 Å². The van der Waals surface area contributed by atoms with E-state index in [9.17, 15) is 9.59 Å². The van der Waals surface area contributed by atoms with Crippen molar-refractivity contribution >= 4 is 27.8 Å². The summed E-state index contributed by atoms with van der Waals surface area (Å²) in [6.07, 6.45) is -0.0499. The molecule has 1 aromatic carbocycles. The Kier molecular flexibility index (Phi) is 4.69. The summed E-state index contributed by atoms with van der Waals surface area (Å²) in [5.74, 6) is -1.09. The summed E-state index contributed by atoms with van der Waals surface area (Å²) in [5, 5.41) is 8.57. The lowest BCUT2D eigenvalue weighted by molar-refractivity contribution is -0.137. The molecular formula is C12H14BrNO3. The van der Waals surface area contributed by atoms with Crippen molar-refractivity contribution in [3.05, 3.63) is 33.8 Å². The average molecular weight is 300 g/mol. The number of aryl methyl sites for hydroxylation is 1. The number of carboxylic acids is 1. The maximum Gasteiger partial charge on any atom is 0.305 e. The molecular weight excluding hydrogens is 286 g/mol. The molecule has 4 nitrogen and oxygen atoms in total. The molecule has 0 aliphatic rings. The van der Waals surface area contributed by atoms with Crippen molar-refractivity contribution in [3.63, 3.8) is 0 Å². The molecule has 0 unspecified atom stereocenters. The number of hydrogen-bond donors (Lipinski definition) is 1. The number of aliphatic carboxylic acids is 1. The number of carbonyl (C=O) groups excluding carboxylic acids is 1. The number of rotatable bonds is 4. The van der Waals surface area contributed by atoms with Crippen LogP contribution in [0.2, 0.25) is 0 Å². The number of carbonyl (C=O) groups is 2. The number of nitrogens with zero attached hydrogens (tertiary/aromatic N) is 1. The Bertz CT molecular complexity index is 445. The molecule has 0 aliphatic heterocycles. The molecule has 1 aromatic rings. The lowest BCUT2D eigenvalue weighted by atomic mass is 10.1. The van der Waals surface area contributed by atoms with Crippen molar-refractivity contribution in [3.8, 4) is 0 Å². The van der Waals surface area contributed by atoms with Gasteiger partial charge in [-0.25, -0.2) is 0 Å². The molecule has 1 amide bonds. The number of benzene rings is 1. The van der Waals surface area contributed by atoms with Gasteiger partial charge in [0.1, 0.15) is 0 Å². The first-order valence-electron chi connectivity index (χ1n) is 5.16. The summed E-state index contributed by atoms with van der Waals surface area (Å²) >= 11 is 3.37. The van der Waals surface area contributed by atoms with Gasteiger partial charge in [-0.2, -0.15) is 0 Å².